The van der Waals surface area contributed by atoms with Crippen molar-refractivity contribution in [2.24, 2.45) is 0 Å². The van der Waals surface area contributed by atoms with Crippen LogP contribution in [0.2, 0.25) is 0 Å². The molecule has 0 rings (SSSR count). The van der Waals surface area contributed by atoms with E-state index in [1.165, 1.54) is 13.8 Å². The zero-order chi connectivity index (χ0) is 19.4. The summed E-state index contributed by atoms with van der Waals surface area (Å²) in [6, 6.07) is 0. The minimum Gasteiger partial charge on any atom is -0.462 e. The molecule has 168 valence electrons. The van der Waals surface area contributed by atoms with Crippen LogP contribution in [0.3, 0.4) is 0 Å². The Labute approximate surface area is 170 Å². The molecule has 0 heterocycles. The lowest BCUT2D eigenvalue weighted by atomic mass is 10.0. The number of ether oxygens (including phenoxy) is 3. The number of amides is 1. The summed E-state index contributed by atoms with van der Waals surface area (Å²) in [6.07, 6.45) is -1.23. The SMILES string of the molecule is C.C.C.C=C(C)C(=O)OCCNC(=O)OC(C)CC(CC(O)CC)OC(C)=O. The Bertz CT molecular complexity index is 465. The zero-order valence-corrected chi connectivity index (χ0v) is 15.4. The summed E-state index contributed by atoms with van der Waals surface area (Å²) < 4.78 is 15.1. The molecular formula is C20H41NO7. The van der Waals surface area contributed by atoms with Crippen LogP contribution >= 0.6 is 0 Å². The molecule has 0 aromatic heterocycles. The summed E-state index contributed by atoms with van der Waals surface area (Å²) in [5.74, 6) is -0.980. The van der Waals surface area contributed by atoms with Crippen molar-refractivity contribution >= 4 is 18.0 Å². The second-order valence-corrected chi connectivity index (χ2v) is 5.82. The van der Waals surface area contributed by atoms with Gasteiger partial charge in [-0.15, -0.1) is 0 Å². The molecule has 1 amide bonds. The van der Waals surface area contributed by atoms with Gasteiger partial charge in [0.15, 0.2) is 0 Å². The van der Waals surface area contributed by atoms with Crippen LogP contribution in [0.1, 0.15) is 69.2 Å². The first-order chi connectivity index (χ1) is 11.6. The number of aliphatic hydroxyl groups is 1. The van der Waals surface area contributed by atoms with Gasteiger partial charge in [-0.05, 0) is 20.3 Å². The van der Waals surface area contributed by atoms with Gasteiger partial charge in [0.05, 0.1) is 12.6 Å². The van der Waals surface area contributed by atoms with Crippen LogP contribution in [0.15, 0.2) is 12.2 Å². The number of rotatable bonds is 11. The van der Waals surface area contributed by atoms with Gasteiger partial charge in [-0.3, -0.25) is 4.79 Å². The summed E-state index contributed by atoms with van der Waals surface area (Å²) in [4.78, 5) is 34.0. The van der Waals surface area contributed by atoms with Gasteiger partial charge in [0, 0.05) is 25.3 Å². The molecule has 0 spiro atoms. The van der Waals surface area contributed by atoms with Gasteiger partial charge in [0.1, 0.15) is 18.8 Å². The number of hydrogen-bond donors (Lipinski definition) is 2. The molecule has 0 bridgehead atoms. The summed E-state index contributed by atoms with van der Waals surface area (Å²) in [6.45, 7) is 9.86. The largest absolute Gasteiger partial charge is 0.462 e. The lowest BCUT2D eigenvalue weighted by Crippen LogP contribution is -2.33. The molecule has 0 radical (unpaired) electrons. The first kappa shape index (κ1) is 33.5. The Morgan fingerprint density at radius 2 is 1.64 bits per heavy atom. The summed E-state index contributed by atoms with van der Waals surface area (Å²) >= 11 is 0. The van der Waals surface area contributed by atoms with E-state index in [0.717, 1.165) is 0 Å². The first-order valence-corrected chi connectivity index (χ1v) is 8.28. The maximum atomic E-state index is 11.7. The highest BCUT2D eigenvalue weighted by Crippen LogP contribution is 2.14. The van der Waals surface area contributed by atoms with E-state index >= 15 is 0 Å². The molecule has 2 N–H and O–H groups in total. The van der Waals surface area contributed by atoms with Gasteiger partial charge < -0.3 is 24.6 Å². The molecule has 0 saturated carbocycles. The molecule has 28 heavy (non-hydrogen) atoms. The summed E-state index contributed by atoms with van der Waals surface area (Å²) in [7, 11) is 0. The van der Waals surface area contributed by atoms with Crippen molar-refractivity contribution in [2.45, 2.75) is 87.5 Å². The molecule has 8 heteroatoms. The van der Waals surface area contributed by atoms with Crippen molar-refractivity contribution in [2.75, 3.05) is 13.2 Å². The van der Waals surface area contributed by atoms with Gasteiger partial charge in [-0.1, -0.05) is 35.8 Å². The molecule has 0 aliphatic rings. The van der Waals surface area contributed by atoms with E-state index in [-0.39, 0.29) is 53.8 Å². The fraction of sp³-hybridized carbons (Fsp3) is 0.750. The minimum atomic E-state index is -0.670. The number of hydrogen-bond acceptors (Lipinski definition) is 7. The number of nitrogens with one attached hydrogen (secondary N) is 1. The molecule has 3 unspecified atom stereocenters. The van der Waals surface area contributed by atoms with E-state index in [0.29, 0.717) is 6.42 Å². The van der Waals surface area contributed by atoms with E-state index in [1.807, 2.05) is 6.92 Å². The Hall–Kier alpha value is -2.09. The van der Waals surface area contributed by atoms with Gasteiger partial charge in [0.2, 0.25) is 0 Å². The van der Waals surface area contributed by atoms with Gasteiger partial charge in [-0.2, -0.15) is 0 Å². The molecule has 8 nitrogen and oxygen atoms in total. The molecule has 0 fully saturated rings. The van der Waals surface area contributed by atoms with Gasteiger partial charge in [0.25, 0.3) is 0 Å². The Kier molecular flexibility index (Phi) is 21.9. The van der Waals surface area contributed by atoms with E-state index in [2.05, 4.69) is 11.9 Å². The third-order valence-electron chi connectivity index (χ3n) is 3.19. The molecule has 3 atom stereocenters. The lowest BCUT2D eigenvalue weighted by Gasteiger charge is -2.23. The third-order valence-corrected chi connectivity index (χ3v) is 3.19. The average Bonchev–Trinajstić information content (AvgIpc) is 2.49. The number of carbonyl (C=O) groups excluding carboxylic acids is 3. The fourth-order valence-corrected chi connectivity index (χ4v) is 1.96. The number of aliphatic hydroxyl groups excluding tert-OH is 1. The molecular weight excluding hydrogens is 366 g/mol. The highest BCUT2D eigenvalue weighted by Gasteiger charge is 2.21. The van der Waals surface area contributed by atoms with Crippen molar-refractivity contribution in [1.82, 2.24) is 5.32 Å². The first-order valence-electron chi connectivity index (χ1n) is 8.28. The average molecular weight is 408 g/mol. The second-order valence-electron chi connectivity index (χ2n) is 5.82. The van der Waals surface area contributed by atoms with Crippen molar-refractivity contribution < 1.29 is 33.7 Å². The lowest BCUT2D eigenvalue weighted by molar-refractivity contribution is -0.149. The van der Waals surface area contributed by atoms with E-state index in [4.69, 9.17) is 14.2 Å². The predicted molar refractivity (Wildman–Crippen MR) is 111 cm³/mol. The van der Waals surface area contributed by atoms with Crippen molar-refractivity contribution in [3.05, 3.63) is 12.2 Å². The van der Waals surface area contributed by atoms with Crippen molar-refractivity contribution in [1.29, 1.82) is 0 Å². The van der Waals surface area contributed by atoms with Crippen molar-refractivity contribution in [3.63, 3.8) is 0 Å². The van der Waals surface area contributed by atoms with Crippen LogP contribution in [0.5, 0.6) is 0 Å². The van der Waals surface area contributed by atoms with E-state index in [9.17, 15) is 19.5 Å². The zero-order valence-electron chi connectivity index (χ0n) is 15.4. The second kappa shape index (κ2) is 18.3. The highest BCUT2D eigenvalue weighted by molar-refractivity contribution is 5.86. The van der Waals surface area contributed by atoms with Crippen LogP contribution in [0.4, 0.5) is 4.79 Å². The van der Waals surface area contributed by atoms with Gasteiger partial charge in [-0.25, -0.2) is 9.59 Å². The molecule has 0 aromatic rings. The maximum Gasteiger partial charge on any atom is 0.407 e. The van der Waals surface area contributed by atoms with E-state index < -0.39 is 36.3 Å². The predicted octanol–water partition coefficient (Wildman–Crippen LogP) is 3.61. The van der Waals surface area contributed by atoms with Crippen LogP contribution in [0.25, 0.3) is 0 Å². The van der Waals surface area contributed by atoms with Crippen LogP contribution in [-0.2, 0) is 23.8 Å². The Balaban J connectivity index is -0.000000960. The normalized spacial score (nSPS) is 12.5. The van der Waals surface area contributed by atoms with Crippen LogP contribution in [-0.4, -0.2) is 54.6 Å². The molecule has 0 aliphatic carbocycles. The summed E-state index contributed by atoms with van der Waals surface area (Å²) in [5, 5.41) is 12.2. The third kappa shape index (κ3) is 17.3. The van der Waals surface area contributed by atoms with Gasteiger partial charge >= 0.3 is 18.0 Å². The molecule has 0 aliphatic heterocycles. The quantitative estimate of drug-likeness (QED) is 0.233. The molecule has 0 aromatic carbocycles. The van der Waals surface area contributed by atoms with Crippen LogP contribution < -0.4 is 5.32 Å². The summed E-state index contributed by atoms with van der Waals surface area (Å²) in [5.41, 5.74) is 0.280. The topological polar surface area (TPSA) is 111 Å². The standard InChI is InChI=1S/C17H29NO7.3CH4/c1-6-14(20)10-15(25-13(5)19)9-12(4)24-17(22)18-7-8-23-16(21)11(2)3;;;/h12,14-15,20H,2,6-10H2,1,3-5H3,(H,18,22);3*1H4. The van der Waals surface area contributed by atoms with Crippen molar-refractivity contribution in [3.8, 4) is 0 Å². The maximum absolute atomic E-state index is 11.7. The number of carbonyl (C=O) groups is 3. The smallest absolute Gasteiger partial charge is 0.407 e. The van der Waals surface area contributed by atoms with Crippen LogP contribution in [0, 0.1) is 0 Å². The fourth-order valence-electron chi connectivity index (χ4n) is 1.96. The molecule has 0 saturated heterocycles. The van der Waals surface area contributed by atoms with E-state index in [1.54, 1.807) is 6.92 Å². The monoisotopic (exact) mass is 407 g/mol. The Morgan fingerprint density at radius 3 is 2.11 bits per heavy atom. The number of alkyl carbamates (subject to hydrolysis) is 1. The number of esters is 2. The Morgan fingerprint density at radius 1 is 1.07 bits per heavy atom. The highest BCUT2D eigenvalue weighted by atomic mass is 16.6. The minimum absolute atomic E-state index is 0.